The number of likely N-dealkylation sites (N-methyl/N-ethyl adjacent to an activating group) is 1. The second-order valence-electron chi connectivity index (χ2n) is 8.87. The Balaban J connectivity index is 1.54. The highest BCUT2D eigenvalue weighted by atomic mass is 35.5. The van der Waals surface area contributed by atoms with E-state index in [2.05, 4.69) is 25.5 Å². The zero-order valence-electron chi connectivity index (χ0n) is 19.1. The van der Waals surface area contributed by atoms with E-state index in [0.717, 1.165) is 42.6 Å². The van der Waals surface area contributed by atoms with Crippen molar-refractivity contribution in [3.8, 4) is 5.75 Å². The maximum absolute atomic E-state index is 14.5. The maximum Gasteiger partial charge on any atom is 0.236 e. The van der Waals surface area contributed by atoms with Crippen LogP contribution < -0.4 is 15.4 Å². The van der Waals surface area contributed by atoms with Crippen LogP contribution in [0, 0.1) is 5.82 Å². The van der Waals surface area contributed by atoms with Gasteiger partial charge in [-0.25, -0.2) is 14.4 Å². The Labute approximate surface area is 202 Å². The second-order valence-corrected chi connectivity index (χ2v) is 9.28. The van der Waals surface area contributed by atoms with Crippen molar-refractivity contribution >= 4 is 39.9 Å². The number of fused-ring (bicyclic) bond motifs is 2. The van der Waals surface area contributed by atoms with E-state index in [1.54, 1.807) is 31.1 Å². The number of amides is 1. The average Bonchev–Trinajstić information content (AvgIpc) is 2.82. The Hall–Kier alpha value is -3.01. The molecule has 8 nitrogen and oxygen atoms in total. The van der Waals surface area contributed by atoms with Crippen LogP contribution in [-0.4, -0.2) is 65.1 Å². The van der Waals surface area contributed by atoms with E-state index >= 15 is 0 Å². The van der Waals surface area contributed by atoms with Crippen LogP contribution in [0.5, 0.6) is 5.75 Å². The van der Waals surface area contributed by atoms with E-state index in [1.165, 1.54) is 12.4 Å². The molecule has 0 saturated carbocycles. The largest absolute Gasteiger partial charge is 0.472 e. The topological polar surface area (TPSA) is 82.6 Å². The molecule has 1 fully saturated rings. The summed E-state index contributed by atoms with van der Waals surface area (Å²) in [6, 6.07) is 8.63. The van der Waals surface area contributed by atoms with Gasteiger partial charge in [-0.1, -0.05) is 17.7 Å². The number of ether oxygens (including phenoxy) is 1. The van der Waals surface area contributed by atoms with Crippen molar-refractivity contribution in [2.24, 2.45) is 0 Å². The van der Waals surface area contributed by atoms with E-state index in [0.29, 0.717) is 17.9 Å². The molecular formula is C24H26ClFN6O2. The van der Waals surface area contributed by atoms with Crippen molar-refractivity contribution in [2.75, 3.05) is 39.0 Å². The molecule has 178 valence electrons. The molecule has 2 aliphatic heterocycles. The minimum absolute atomic E-state index is 0.0212. The Morgan fingerprint density at radius 2 is 2.09 bits per heavy atom. The highest BCUT2D eigenvalue weighted by molar-refractivity contribution is 6.31. The smallest absolute Gasteiger partial charge is 0.236 e. The van der Waals surface area contributed by atoms with E-state index in [-0.39, 0.29) is 23.2 Å². The Morgan fingerprint density at radius 1 is 1.29 bits per heavy atom. The van der Waals surface area contributed by atoms with Crippen LogP contribution >= 0.6 is 11.6 Å². The summed E-state index contributed by atoms with van der Waals surface area (Å²) in [6.45, 7) is 2.44. The zero-order valence-corrected chi connectivity index (χ0v) is 19.8. The lowest BCUT2D eigenvalue weighted by Gasteiger charge is -2.49. The Bertz CT molecular complexity index is 1250. The summed E-state index contributed by atoms with van der Waals surface area (Å²) in [6.07, 6.45) is 2.98. The molecule has 0 radical (unpaired) electrons. The molecule has 2 N–H and O–H groups in total. The molecule has 2 aliphatic rings. The van der Waals surface area contributed by atoms with Gasteiger partial charge in [0.25, 0.3) is 0 Å². The van der Waals surface area contributed by atoms with Gasteiger partial charge in [-0.3, -0.25) is 9.69 Å². The number of hydrogen-bond donors (Lipinski definition) is 2. The fourth-order valence-electron chi connectivity index (χ4n) is 4.53. The monoisotopic (exact) mass is 484 g/mol. The molecule has 1 aromatic heterocycles. The van der Waals surface area contributed by atoms with Crippen molar-refractivity contribution in [1.29, 1.82) is 0 Å². The first-order valence-corrected chi connectivity index (χ1v) is 11.6. The molecule has 10 heteroatoms. The number of piperidine rings is 1. The molecule has 0 unspecified atom stereocenters. The van der Waals surface area contributed by atoms with E-state index < -0.39 is 11.5 Å². The molecule has 34 heavy (non-hydrogen) atoms. The third-order valence-electron chi connectivity index (χ3n) is 6.47. The van der Waals surface area contributed by atoms with Gasteiger partial charge in [-0.05, 0) is 18.2 Å². The standard InChI is InChI=1S/C24H26ClFN6O2/c1-31(2)21(33)13-32-12-15-10-16-19(11-20(15)34-24(32)6-8-27-9-7-24)28-14-29-23(16)30-18-5-3-4-17(25)22(18)26/h3-5,10-11,14,27H,6-9,12-13H2,1-2H3,(H,28,29,30). The number of aromatic nitrogens is 2. The minimum atomic E-state index is -0.546. The molecule has 3 aromatic rings. The summed E-state index contributed by atoms with van der Waals surface area (Å²) in [5, 5.41) is 7.18. The maximum atomic E-state index is 14.5. The highest BCUT2D eigenvalue weighted by Gasteiger charge is 2.44. The Kier molecular flexibility index (Phi) is 6.01. The lowest BCUT2D eigenvalue weighted by Crippen LogP contribution is -2.61. The van der Waals surface area contributed by atoms with Gasteiger partial charge in [0.15, 0.2) is 11.5 Å². The van der Waals surface area contributed by atoms with Gasteiger partial charge in [0.1, 0.15) is 17.9 Å². The molecule has 2 aromatic carbocycles. The minimum Gasteiger partial charge on any atom is -0.472 e. The number of nitrogens with one attached hydrogen (secondary N) is 2. The SMILES string of the molecule is CN(C)C(=O)CN1Cc2cc3c(Nc4cccc(Cl)c4F)ncnc3cc2OC12CCNCC2. The third-order valence-corrected chi connectivity index (χ3v) is 6.76. The fourth-order valence-corrected chi connectivity index (χ4v) is 4.71. The number of hydrogen-bond acceptors (Lipinski definition) is 7. The molecular weight excluding hydrogens is 459 g/mol. The first-order chi connectivity index (χ1) is 16.4. The Morgan fingerprint density at radius 3 is 2.85 bits per heavy atom. The van der Waals surface area contributed by atoms with Gasteiger partial charge in [-0.15, -0.1) is 0 Å². The van der Waals surface area contributed by atoms with Crippen molar-refractivity contribution < 1.29 is 13.9 Å². The second kappa shape index (κ2) is 8.98. The van der Waals surface area contributed by atoms with E-state index in [1.807, 2.05) is 12.1 Å². The van der Waals surface area contributed by atoms with Crippen LogP contribution in [-0.2, 0) is 11.3 Å². The summed E-state index contributed by atoms with van der Waals surface area (Å²) in [5.74, 6) is 0.694. The number of anilines is 2. The van der Waals surface area contributed by atoms with Gasteiger partial charge in [0.2, 0.25) is 5.91 Å². The number of halogens is 2. The van der Waals surface area contributed by atoms with Crippen molar-refractivity contribution in [3.63, 3.8) is 0 Å². The summed E-state index contributed by atoms with van der Waals surface area (Å²) < 4.78 is 21.1. The third kappa shape index (κ3) is 4.15. The zero-order chi connectivity index (χ0) is 23.9. The normalized spacial score (nSPS) is 17.3. The van der Waals surface area contributed by atoms with Crippen molar-refractivity contribution in [2.45, 2.75) is 25.1 Å². The van der Waals surface area contributed by atoms with Crippen LogP contribution in [0.15, 0.2) is 36.7 Å². The van der Waals surface area contributed by atoms with Crippen molar-refractivity contribution in [3.05, 3.63) is 53.1 Å². The number of benzene rings is 2. The number of carbonyl (C=O) groups excluding carboxylic acids is 1. The molecule has 5 rings (SSSR count). The lowest BCUT2D eigenvalue weighted by atomic mass is 9.95. The van der Waals surface area contributed by atoms with Crippen LogP contribution in [0.1, 0.15) is 18.4 Å². The number of rotatable bonds is 4. The summed E-state index contributed by atoms with van der Waals surface area (Å²) in [5.41, 5.74) is 1.29. The molecule has 0 atom stereocenters. The van der Waals surface area contributed by atoms with Gasteiger partial charge in [-0.2, -0.15) is 0 Å². The van der Waals surface area contributed by atoms with Crippen LogP contribution in [0.2, 0.25) is 5.02 Å². The van der Waals surface area contributed by atoms with Gasteiger partial charge in [0.05, 0.1) is 22.8 Å². The first kappa shape index (κ1) is 22.8. The number of carbonyl (C=O) groups is 1. The lowest BCUT2D eigenvalue weighted by molar-refractivity contribution is -0.149. The fraction of sp³-hybridized carbons (Fsp3) is 0.375. The summed E-state index contributed by atoms with van der Waals surface area (Å²) in [4.78, 5) is 25.1. The quantitative estimate of drug-likeness (QED) is 0.586. The summed E-state index contributed by atoms with van der Waals surface area (Å²) in [7, 11) is 3.52. The molecule has 1 saturated heterocycles. The highest BCUT2D eigenvalue weighted by Crippen LogP contribution is 2.41. The molecule has 0 aliphatic carbocycles. The number of nitrogens with zero attached hydrogens (tertiary/aromatic N) is 4. The predicted octanol–water partition coefficient (Wildman–Crippen LogP) is 3.53. The molecule has 3 heterocycles. The van der Waals surface area contributed by atoms with Gasteiger partial charge >= 0.3 is 0 Å². The average molecular weight is 485 g/mol. The van der Waals surface area contributed by atoms with E-state index in [9.17, 15) is 9.18 Å². The summed E-state index contributed by atoms with van der Waals surface area (Å²) >= 11 is 5.94. The molecule has 0 bridgehead atoms. The van der Waals surface area contributed by atoms with Gasteiger partial charge < -0.3 is 20.3 Å². The van der Waals surface area contributed by atoms with Crippen LogP contribution in [0.25, 0.3) is 10.9 Å². The predicted molar refractivity (Wildman–Crippen MR) is 129 cm³/mol. The van der Waals surface area contributed by atoms with E-state index in [4.69, 9.17) is 16.3 Å². The van der Waals surface area contributed by atoms with Crippen LogP contribution in [0.3, 0.4) is 0 Å². The van der Waals surface area contributed by atoms with Crippen LogP contribution in [0.4, 0.5) is 15.9 Å². The van der Waals surface area contributed by atoms with Gasteiger partial charge in [0, 0.05) is 63.6 Å². The molecule has 1 spiro atoms. The molecule has 1 amide bonds. The van der Waals surface area contributed by atoms with Crippen molar-refractivity contribution in [1.82, 2.24) is 25.1 Å². The first-order valence-electron chi connectivity index (χ1n) is 11.2.